The van der Waals surface area contributed by atoms with Crippen molar-refractivity contribution in [1.82, 2.24) is 4.98 Å². The van der Waals surface area contributed by atoms with E-state index in [0.717, 1.165) is 52.4 Å². The molecule has 2 heterocycles. The summed E-state index contributed by atoms with van der Waals surface area (Å²) in [5.74, 6) is -0.285. The van der Waals surface area contributed by atoms with Crippen LogP contribution in [0.1, 0.15) is 45.6 Å². The van der Waals surface area contributed by atoms with Gasteiger partial charge in [0, 0.05) is 21.9 Å². The molecule has 1 aromatic carbocycles. The Morgan fingerprint density at radius 1 is 1.21 bits per heavy atom. The van der Waals surface area contributed by atoms with Gasteiger partial charge in [0.2, 0.25) is 0 Å². The van der Waals surface area contributed by atoms with Crippen molar-refractivity contribution in [2.24, 2.45) is 0 Å². The molecule has 0 unspecified atom stereocenters. The number of aromatic carboxylic acids is 1. The zero-order valence-electron chi connectivity index (χ0n) is 15.1. The van der Waals surface area contributed by atoms with Gasteiger partial charge < -0.3 is 5.11 Å². The lowest BCUT2D eigenvalue weighted by Crippen LogP contribution is -2.10. The molecule has 4 nitrogen and oxygen atoms in total. The number of carbonyl (C=O) groups is 1. The van der Waals surface area contributed by atoms with Gasteiger partial charge in [0.1, 0.15) is 11.1 Å². The number of benzene rings is 1. The molecule has 6 heteroatoms. The van der Waals surface area contributed by atoms with E-state index in [1.807, 2.05) is 23.6 Å². The van der Waals surface area contributed by atoms with Crippen LogP contribution < -0.4 is 0 Å². The molecule has 0 spiro atoms. The maximum atomic E-state index is 11.0. The minimum Gasteiger partial charge on any atom is -0.478 e. The zero-order chi connectivity index (χ0) is 19.5. The Kier molecular flexibility index (Phi) is 5.47. The zero-order valence-corrected chi connectivity index (χ0v) is 16.8. The van der Waals surface area contributed by atoms with E-state index in [4.69, 9.17) is 10.1 Å². The topological polar surface area (TPSA) is 74.0 Å². The van der Waals surface area contributed by atoms with Crippen molar-refractivity contribution in [3.63, 3.8) is 0 Å². The molecule has 0 fully saturated rings. The van der Waals surface area contributed by atoms with Gasteiger partial charge in [0.05, 0.1) is 11.1 Å². The fourth-order valence-electron chi connectivity index (χ4n) is 3.51. The Morgan fingerprint density at radius 2 is 2.00 bits per heavy atom. The average Bonchev–Trinajstić information content (AvgIpc) is 3.25. The Hall–Kier alpha value is -2.62. The molecule has 0 saturated heterocycles. The summed E-state index contributed by atoms with van der Waals surface area (Å²) in [5, 5.41) is 21.8. The largest absolute Gasteiger partial charge is 0.478 e. The van der Waals surface area contributed by atoms with Crippen LogP contribution in [0.2, 0.25) is 0 Å². The number of aryl methyl sites for hydroxylation is 1. The van der Waals surface area contributed by atoms with Gasteiger partial charge in [-0.25, -0.2) is 9.78 Å². The second-order valence-corrected chi connectivity index (χ2v) is 8.59. The van der Waals surface area contributed by atoms with E-state index < -0.39 is 5.97 Å². The number of carboxylic acids is 1. The molecule has 0 aliphatic heterocycles. The summed E-state index contributed by atoms with van der Waals surface area (Å²) in [4.78, 5) is 17.0. The fourth-order valence-corrected chi connectivity index (χ4v) is 5.28. The highest BCUT2D eigenvalue weighted by Crippen LogP contribution is 2.40. The molecule has 140 valence electrons. The van der Waals surface area contributed by atoms with Crippen molar-refractivity contribution in [3.8, 4) is 16.5 Å². The molecular formula is C22H18N2O2S2. The molecule has 4 rings (SSSR count). The maximum absolute atomic E-state index is 11.0. The van der Waals surface area contributed by atoms with Crippen LogP contribution in [0, 0.1) is 11.3 Å². The summed E-state index contributed by atoms with van der Waals surface area (Å²) < 4.78 is 0. The van der Waals surface area contributed by atoms with Crippen molar-refractivity contribution in [3.05, 3.63) is 69.7 Å². The molecule has 0 bridgehead atoms. The Balaban J connectivity index is 1.70. The Bertz CT molecular complexity index is 1050. The van der Waals surface area contributed by atoms with Gasteiger partial charge in [-0.15, -0.1) is 23.1 Å². The van der Waals surface area contributed by atoms with Gasteiger partial charge in [0.25, 0.3) is 0 Å². The van der Waals surface area contributed by atoms with Gasteiger partial charge in [0.15, 0.2) is 0 Å². The van der Waals surface area contributed by atoms with Crippen LogP contribution in [0.15, 0.2) is 46.8 Å². The molecule has 0 radical (unpaired) electrons. The molecule has 0 saturated carbocycles. The quantitative estimate of drug-likeness (QED) is 0.562. The van der Waals surface area contributed by atoms with Crippen LogP contribution in [0.5, 0.6) is 0 Å². The fraction of sp³-hybridized carbons (Fsp3) is 0.227. The van der Waals surface area contributed by atoms with Crippen molar-refractivity contribution in [2.45, 2.75) is 36.5 Å². The predicted molar refractivity (Wildman–Crippen MR) is 112 cm³/mol. The van der Waals surface area contributed by atoms with Crippen LogP contribution in [0.25, 0.3) is 10.4 Å². The standard InChI is InChI=1S/C22H18N2O2S2/c23-12-17-20(19-6-3-11-27-19)16-4-1-2-5-18(16)24-21(17)28-13-14-7-9-15(10-8-14)22(25)26/h3,6-11H,1-2,4-5,13H2,(H,25,26). The van der Waals surface area contributed by atoms with E-state index in [-0.39, 0.29) is 5.56 Å². The first-order chi connectivity index (χ1) is 13.7. The van der Waals surface area contributed by atoms with Crippen LogP contribution in [0.3, 0.4) is 0 Å². The molecule has 1 N–H and O–H groups in total. The number of nitriles is 1. The molecule has 0 atom stereocenters. The number of fused-ring (bicyclic) bond motifs is 1. The summed E-state index contributed by atoms with van der Waals surface area (Å²) >= 11 is 3.21. The normalized spacial score (nSPS) is 13.0. The molecule has 1 aliphatic carbocycles. The first-order valence-electron chi connectivity index (χ1n) is 9.12. The highest BCUT2D eigenvalue weighted by Gasteiger charge is 2.23. The average molecular weight is 407 g/mol. The number of carboxylic acid groups (broad SMARTS) is 1. The SMILES string of the molecule is N#Cc1c(SCc2ccc(C(=O)O)cc2)nc2c(c1-c1cccs1)CCCC2. The van der Waals surface area contributed by atoms with Crippen molar-refractivity contribution >= 4 is 29.1 Å². The monoisotopic (exact) mass is 406 g/mol. The molecule has 1 aliphatic rings. The van der Waals surface area contributed by atoms with Crippen molar-refractivity contribution in [2.75, 3.05) is 0 Å². The number of hydrogen-bond donors (Lipinski definition) is 1. The van der Waals surface area contributed by atoms with Crippen LogP contribution >= 0.6 is 23.1 Å². The summed E-state index contributed by atoms with van der Waals surface area (Å²) in [7, 11) is 0. The van der Waals surface area contributed by atoms with Crippen LogP contribution in [-0.2, 0) is 18.6 Å². The number of rotatable bonds is 5. The van der Waals surface area contributed by atoms with E-state index >= 15 is 0 Å². The predicted octanol–water partition coefficient (Wildman–Crippen LogP) is 5.55. The lowest BCUT2D eigenvalue weighted by atomic mass is 9.89. The summed E-state index contributed by atoms with van der Waals surface area (Å²) in [6.45, 7) is 0. The van der Waals surface area contributed by atoms with E-state index in [1.165, 1.54) is 5.56 Å². The summed E-state index contributed by atoms with van der Waals surface area (Å²) in [6, 6.07) is 13.4. The smallest absolute Gasteiger partial charge is 0.335 e. The third kappa shape index (κ3) is 3.68. The molecule has 28 heavy (non-hydrogen) atoms. The number of thioether (sulfide) groups is 1. The molecule has 3 aromatic rings. The Labute approximate surface area is 171 Å². The first-order valence-corrected chi connectivity index (χ1v) is 11.0. The van der Waals surface area contributed by atoms with Gasteiger partial charge in [-0.2, -0.15) is 5.26 Å². The van der Waals surface area contributed by atoms with E-state index in [9.17, 15) is 10.1 Å². The number of pyridine rings is 1. The minimum absolute atomic E-state index is 0.276. The Morgan fingerprint density at radius 3 is 2.68 bits per heavy atom. The molecule has 2 aromatic heterocycles. The van der Waals surface area contributed by atoms with Crippen LogP contribution in [0.4, 0.5) is 0 Å². The molecule has 0 amide bonds. The van der Waals surface area contributed by atoms with Gasteiger partial charge in [-0.05, 0) is 60.4 Å². The highest BCUT2D eigenvalue weighted by atomic mass is 32.2. The second-order valence-electron chi connectivity index (χ2n) is 6.68. The van der Waals surface area contributed by atoms with E-state index in [2.05, 4.69) is 12.1 Å². The maximum Gasteiger partial charge on any atom is 0.335 e. The lowest BCUT2D eigenvalue weighted by molar-refractivity contribution is 0.0697. The number of hydrogen-bond acceptors (Lipinski definition) is 5. The van der Waals surface area contributed by atoms with E-state index in [1.54, 1.807) is 35.2 Å². The minimum atomic E-state index is -0.928. The third-order valence-electron chi connectivity index (χ3n) is 4.90. The van der Waals surface area contributed by atoms with E-state index in [0.29, 0.717) is 11.3 Å². The number of aromatic nitrogens is 1. The summed E-state index contributed by atoms with van der Waals surface area (Å²) in [6.07, 6.45) is 4.21. The first kappa shape index (κ1) is 18.7. The summed E-state index contributed by atoms with van der Waals surface area (Å²) in [5.41, 5.74) is 5.37. The third-order valence-corrected chi connectivity index (χ3v) is 6.83. The lowest BCUT2D eigenvalue weighted by Gasteiger charge is -2.21. The highest BCUT2D eigenvalue weighted by molar-refractivity contribution is 7.98. The second kappa shape index (κ2) is 8.17. The van der Waals surface area contributed by atoms with Crippen molar-refractivity contribution in [1.29, 1.82) is 5.26 Å². The number of nitrogens with zero attached hydrogens (tertiary/aromatic N) is 2. The van der Waals surface area contributed by atoms with Gasteiger partial charge in [-0.1, -0.05) is 18.2 Å². The van der Waals surface area contributed by atoms with Crippen molar-refractivity contribution < 1.29 is 9.90 Å². The number of thiophene rings is 1. The van der Waals surface area contributed by atoms with Gasteiger partial charge >= 0.3 is 5.97 Å². The molecular weight excluding hydrogens is 388 g/mol. The van der Waals surface area contributed by atoms with Crippen LogP contribution in [-0.4, -0.2) is 16.1 Å². The van der Waals surface area contributed by atoms with Gasteiger partial charge in [-0.3, -0.25) is 0 Å².